The molecule has 0 unspecified atom stereocenters. The highest BCUT2D eigenvalue weighted by molar-refractivity contribution is 5.92. The lowest BCUT2D eigenvalue weighted by atomic mass is 9.99. The number of carbonyl (C=O) groups excluding carboxylic acids is 1. The van der Waals surface area contributed by atoms with Crippen LogP contribution in [0.5, 0.6) is 0 Å². The smallest absolute Gasteiger partial charge is 0.238 e. The zero-order valence-corrected chi connectivity index (χ0v) is 13.6. The molecule has 0 atom stereocenters. The molecule has 2 aromatic carbocycles. The van der Waals surface area contributed by atoms with Gasteiger partial charge in [-0.05, 0) is 11.1 Å². The number of aromatic nitrogens is 2. The van der Waals surface area contributed by atoms with Gasteiger partial charge in [0.2, 0.25) is 11.9 Å². The van der Waals surface area contributed by atoms with Crippen LogP contribution < -0.4 is 16.4 Å². The number of nitrogens with one attached hydrogen (secondary N) is 2. The summed E-state index contributed by atoms with van der Waals surface area (Å²) in [5.74, 6) is -0.00502. The number of rotatable bonds is 6. The maximum Gasteiger partial charge on any atom is 0.238 e. The summed E-state index contributed by atoms with van der Waals surface area (Å²) in [7, 11) is 0. The quantitative estimate of drug-likeness (QED) is 0.644. The molecule has 6 heteroatoms. The second-order valence-corrected chi connectivity index (χ2v) is 5.51. The molecule has 1 amide bonds. The van der Waals surface area contributed by atoms with Gasteiger partial charge >= 0.3 is 0 Å². The van der Waals surface area contributed by atoms with Crippen LogP contribution in [0.25, 0.3) is 0 Å². The molecule has 0 fully saturated rings. The van der Waals surface area contributed by atoms with Crippen molar-refractivity contribution in [2.45, 2.75) is 6.04 Å². The fraction of sp³-hybridized carbons (Fsp3) is 0.105. The van der Waals surface area contributed by atoms with E-state index in [0.29, 0.717) is 5.69 Å². The molecule has 0 aliphatic rings. The first-order valence-electron chi connectivity index (χ1n) is 7.93. The minimum Gasteiger partial charge on any atom is -0.368 e. The number of benzene rings is 2. The van der Waals surface area contributed by atoms with Gasteiger partial charge in [0.05, 0.1) is 30.7 Å². The average Bonchev–Trinajstić information content (AvgIpc) is 2.66. The average molecular weight is 333 g/mol. The van der Waals surface area contributed by atoms with E-state index in [1.807, 2.05) is 60.7 Å². The standard InChI is InChI=1S/C19H19N5O/c20-19-22-11-16(12-23-19)24-17(25)13-21-18(14-7-3-1-4-8-14)15-9-5-2-6-10-15/h1-12,18,21H,13H2,(H,24,25)(H2,20,22,23). The van der Waals surface area contributed by atoms with Crippen LogP contribution in [-0.4, -0.2) is 22.4 Å². The van der Waals surface area contributed by atoms with Gasteiger partial charge in [-0.15, -0.1) is 0 Å². The van der Waals surface area contributed by atoms with Crippen LogP contribution in [0, 0.1) is 0 Å². The topological polar surface area (TPSA) is 92.9 Å². The van der Waals surface area contributed by atoms with Crippen LogP contribution in [0.1, 0.15) is 17.2 Å². The molecule has 0 bridgehead atoms. The molecule has 25 heavy (non-hydrogen) atoms. The second kappa shape index (κ2) is 8.03. The Balaban J connectivity index is 1.68. The maximum absolute atomic E-state index is 12.2. The van der Waals surface area contributed by atoms with Crippen molar-refractivity contribution in [2.75, 3.05) is 17.6 Å². The molecule has 1 aromatic heterocycles. The third kappa shape index (κ3) is 4.62. The Bertz CT molecular complexity index is 767. The molecule has 0 spiro atoms. The van der Waals surface area contributed by atoms with Gasteiger partial charge in [-0.3, -0.25) is 10.1 Å². The zero-order valence-electron chi connectivity index (χ0n) is 13.6. The summed E-state index contributed by atoms with van der Waals surface area (Å²) in [5, 5.41) is 6.05. The maximum atomic E-state index is 12.2. The van der Waals surface area contributed by atoms with Gasteiger partial charge in [0.25, 0.3) is 0 Å². The van der Waals surface area contributed by atoms with Crippen LogP contribution in [-0.2, 0) is 4.79 Å². The Morgan fingerprint density at radius 3 is 1.96 bits per heavy atom. The number of nitrogens with zero attached hydrogens (tertiary/aromatic N) is 2. The van der Waals surface area contributed by atoms with Crippen molar-refractivity contribution in [2.24, 2.45) is 0 Å². The lowest BCUT2D eigenvalue weighted by Gasteiger charge is -2.19. The van der Waals surface area contributed by atoms with Gasteiger partial charge < -0.3 is 11.1 Å². The Kier molecular flexibility index (Phi) is 5.33. The summed E-state index contributed by atoms with van der Waals surface area (Å²) in [4.78, 5) is 19.9. The summed E-state index contributed by atoms with van der Waals surface area (Å²) in [5.41, 5.74) is 8.14. The number of anilines is 2. The molecule has 3 rings (SSSR count). The Hall–Kier alpha value is -3.25. The van der Waals surface area contributed by atoms with E-state index in [9.17, 15) is 4.79 Å². The minimum absolute atomic E-state index is 0.0733. The molecular formula is C19H19N5O. The van der Waals surface area contributed by atoms with E-state index in [-0.39, 0.29) is 24.4 Å². The van der Waals surface area contributed by atoms with E-state index < -0.39 is 0 Å². The van der Waals surface area contributed by atoms with Crippen LogP contribution in [0.15, 0.2) is 73.1 Å². The Labute approximate surface area is 146 Å². The molecule has 6 nitrogen and oxygen atoms in total. The van der Waals surface area contributed by atoms with Gasteiger partial charge in [-0.25, -0.2) is 9.97 Å². The molecule has 1 heterocycles. The monoisotopic (exact) mass is 333 g/mol. The first kappa shape index (κ1) is 16.6. The molecule has 4 N–H and O–H groups in total. The fourth-order valence-electron chi connectivity index (χ4n) is 2.52. The van der Waals surface area contributed by atoms with Crippen molar-refractivity contribution in [3.05, 3.63) is 84.2 Å². The van der Waals surface area contributed by atoms with Crippen LogP contribution in [0.2, 0.25) is 0 Å². The molecule has 0 saturated heterocycles. The molecule has 126 valence electrons. The number of hydrogen-bond acceptors (Lipinski definition) is 5. The highest BCUT2D eigenvalue weighted by Crippen LogP contribution is 2.21. The van der Waals surface area contributed by atoms with Crippen LogP contribution >= 0.6 is 0 Å². The number of nitrogen functional groups attached to an aromatic ring is 1. The lowest BCUT2D eigenvalue weighted by Crippen LogP contribution is -2.32. The van der Waals surface area contributed by atoms with Gasteiger partial charge in [-0.1, -0.05) is 60.7 Å². The first-order chi connectivity index (χ1) is 12.2. The van der Waals surface area contributed by atoms with E-state index in [1.54, 1.807) is 0 Å². The molecule has 0 saturated carbocycles. The third-order valence-electron chi connectivity index (χ3n) is 3.69. The van der Waals surface area contributed by atoms with E-state index >= 15 is 0 Å². The number of carbonyl (C=O) groups is 1. The van der Waals surface area contributed by atoms with E-state index in [4.69, 9.17) is 5.73 Å². The number of hydrogen-bond donors (Lipinski definition) is 3. The van der Waals surface area contributed by atoms with E-state index in [2.05, 4.69) is 20.6 Å². The predicted molar refractivity (Wildman–Crippen MR) is 97.8 cm³/mol. The SMILES string of the molecule is Nc1ncc(NC(=O)CNC(c2ccccc2)c2ccccc2)cn1. The third-order valence-corrected chi connectivity index (χ3v) is 3.69. The Morgan fingerprint density at radius 1 is 0.920 bits per heavy atom. The largest absolute Gasteiger partial charge is 0.368 e. The van der Waals surface area contributed by atoms with Crippen molar-refractivity contribution in [1.82, 2.24) is 15.3 Å². The molecule has 0 aliphatic heterocycles. The number of amides is 1. The predicted octanol–water partition coefficient (Wildman–Crippen LogP) is 2.38. The highest BCUT2D eigenvalue weighted by Gasteiger charge is 2.14. The van der Waals surface area contributed by atoms with Gasteiger partial charge in [0.15, 0.2) is 0 Å². The fourth-order valence-corrected chi connectivity index (χ4v) is 2.52. The summed E-state index contributed by atoms with van der Waals surface area (Å²) in [6.07, 6.45) is 2.96. The van der Waals surface area contributed by atoms with Crippen molar-refractivity contribution >= 4 is 17.5 Å². The molecular weight excluding hydrogens is 314 g/mol. The second-order valence-electron chi connectivity index (χ2n) is 5.51. The molecule has 0 radical (unpaired) electrons. The van der Waals surface area contributed by atoms with E-state index in [0.717, 1.165) is 11.1 Å². The van der Waals surface area contributed by atoms with Crippen molar-refractivity contribution in [3.8, 4) is 0 Å². The molecule has 3 aromatic rings. The van der Waals surface area contributed by atoms with Gasteiger partial charge in [-0.2, -0.15) is 0 Å². The summed E-state index contributed by atoms with van der Waals surface area (Å²) in [6, 6.07) is 20.0. The van der Waals surface area contributed by atoms with Crippen molar-refractivity contribution in [1.29, 1.82) is 0 Å². The summed E-state index contributed by atoms with van der Waals surface area (Å²) in [6.45, 7) is 0.152. The summed E-state index contributed by atoms with van der Waals surface area (Å²) < 4.78 is 0. The zero-order chi connectivity index (χ0) is 17.5. The van der Waals surface area contributed by atoms with Gasteiger partial charge in [0, 0.05) is 0 Å². The van der Waals surface area contributed by atoms with Crippen molar-refractivity contribution in [3.63, 3.8) is 0 Å². The van der Waals surface area contributed by atoms with Crippen LogP contribution in [0.4, 0.5) is 11.6 Å². The number of nitrogens with two attached hydrogens (primary N) is 1. The van der Waals surface area contributed by atoms with Gasteiger partial charge in [0.1, 0.15) is 0 Å². The minimum atomic E-state index is -0.176. The lowest BCUT2D eigenvalue weighted by molar-refractivity contribution is -0.115. The highest BCUT2D eigenvalue weighted by atomic mass is 16.1. The first-order valence-corrected chi connectivity index (χ1v) is 7.93. The molecule has 0 aliphatic carbocycles. The van der Waals surface area contributed by atoms with Crippen LogP contribution in [0.3, 0.4) is 0 Å². The van der Waals surface area contributed by atoms with E-state index in [1.165, 1.54) is 12.4 Å². The van der Waals surface area contributed by atoms with Crippen molar-refractivity contribution < 1.29 is 4.79 Å². The summed E-state index contributed by atoms with van der Waals surface area (Å²) >= 11 is 0. The Morgan fingerprint density at radius 2 is 1.44 bits per heavy atom. The normalized spacial score (nSPS) is 10.6.